The van der Waals surface area contributed by atoms with E-state index in [-0.39, 0.29) is 18.4 Å². The first-order valence-corrected chi connectivity index (χ1v) is 9.45. The smallest absolute Gasteiger partial charge is 0.306 e. The van der Waals surface area contributed by atoms with Crippen molar-refractivity contribution >= 4 is 21.9 Å². The topological polar surface area (TPSA) is 44.8 Å². The van der Waals surface area contributed by atoms with Crippen LogP contribution in [0, 0.1) is 0 Å². The third-order valence-electron chi connectivity index (χ3n) is 3.75. The molecule has 0 aromatic heterocycles. The fourth-order valence-electron chi connectivity index (χ4n) is 2.50. The van der Waals surface area contributed by atoms with Crippen molar-refractivity contribution in [3.8, 4) is 0 Å². The number of unbranched alkanes of at least 4 members (excludes halogenated alkanes) is 4. The second-order valence-corrected chi connectivity index (χ2v) is 6.52. The Morgan fingerprint density at radius 2 is 1.70 bits per heavy atom. The lowest BCUT2D eigenvalue weighted by Crippen LogP contribution is -2.35. The highest BCUT2D eigenvalue weighted by molar-refractivity contribution is 9.09. The van der Waals surface area contributed by atoms with Crippen molar-refractivity contribution in [3.63, 3.8) is 0 Å². The minimum absolute atomic E-state index is 0.152. The fourth-order valence-corrected chi connectivity index (χ4v) is 2.89. The fraction of sp³-hybridized carbons (Fsp3) is 0.611. The number of halogens is 1. The Morgan fingerprint density at radius 3 is 2.39 bits per heavy atom. The zero-order valence-corrected chi connectivity index (χ0v) is 15.0. The van der Waals surface area contributed by atoms with Crippen LogP contribution in [0.1, 0.15) is 50.4 Å². The maximum atomic E-state index is 11.8. The number of hydrogen-bond acceptors (Lipinski definition) is 4. The molecule has 128 valence electrons. The lowest BCUT2D eigenvalue weighted by Gasteiger charge is -2.29. The lowest BCUT2D eigenvalue weighted by molar-refractivity contribution is -0.229. The van der Waals surface area contributed by atoms with Gasteiger partial charge in [-0.1, -0.05) is 65.5 Å². The van der Waals surface area contributed by atoms with Gasteiger partial charge < -0.3 is 14.2 Å². The van der Waals surface area contributed by atoms with Crippen LogP contribution in [0.2, 0.25) is 0 Å². The molecule has 0 radical (unpaired) electrons. The van der Waals surface area contributed by atoms with Crippen LogP contribution in [0.4, 0.5) is 0 Å². The molecule has 1 aromatic rings. The molecule has 0 bridgehead atoms. The van der Waals surface area contributed by atoms with E-state index in [1.54, 1.807) is 0 Å². The van der Waals surface area contributed by atoms with Crippen LogP contribution in [-0.2, 0) is 19.0 Å². The maximum Gasteiger partial charge on any atom is 0.306 e. The summed E-state index contributed by atoms with van der Waals surface area (Å²) in [6, 6.07) is 9.79. The van der Waals surface area contributed by atoms with Gasteiger partial charge in [-0.3, -0.25) is 4.79 Å². The first-order chi connectivity index (χ1) is 11.3. The zero-order valence-electron chi connectivity index (χ0n) is 13.4. The average molecular weight is 385 g/mol. The van der Waals surface area contributed by atoms with Gasteiger partial charge in [0.2, 0.25) is 0 Å². The molecule has 0 unspecified atom stereocenters. The van der Waals surface area contributed by atoms with Crippen LogP contribution < -0.4 is 0 Å². The van der Waals surface area contributed by atoms with E-state index in [0.717, 1.165) is 23.7 Å². The Bertz CT molecular complexity index is 444. The van der Waals surface area contributed by atoms with Crippen LogP contribution in [0.15, 0.2) is 30.3 Å². The molecular weight excluding hydrogens is 360 g/mol. The average Bonchev–Trinajstić information content (AvgIpc) is 2.59. The molecule has 0 spiro atoms. The highest BCUT2D eigenvalue weighted by Gasteiger charge is 2.25. The Kier molecular flexibility index (Phi) is 8.64. The number of benzene rings is 1. The van der Waals surface area contributed by atoms with Crippen LogP contribution in [-0.4, -0.2) is 30.6 Å². The highest BCUT2D eigenvalue weighted by atomic mass is 79.9. The second kappa shape index (κ2) is 10.8. The number of alkyl halides is 1. The Balaban J connectivity index is 1.58. The SMILES string of the molecule is O=C(CCCCCCCBr)OC1COC(c2ccccc2)OC1. The Labute approximate surface area is 146 Å². The third-order valence-corrected chi connectivity index (χ3v) is 4.31. The molecule has 0 aliphatic carbocycles. The van der Waals surface area contributed by atoms with Gasteiger partial charge in [0, 0.05) is 17.3 Å². The summed E-state index contributed by atoms with van der Waals surface area (Å²) in [5.74, 6) is -0.152. The van der Waals surface area contributed by atoms with Crippen LogP contribution in [0.3, 0.4) is 0 Å². The van der Waals surface area contributed by atoms with E-state index in [2.05, 4.69) is 15.9 Å². The molecule has 0 atom stereocenters. The highest BCUT2D eigenvalue weighted by Crippen LogP contribution is 2.23. The molecule has 2 rings (SSSR count). The second-order valence-electron chi connectivity index (χ2n) is 5.73. The molecule has 0 amide bonds. The van der Waals surface area contributed by atoms with Gasteiger partial charge in [0.1, 0.15) is 6.10 Å². The van der Waals surface area contributed by atoms with E-state index < -0.39 is 0 Å². The summed E-state index contributed by atoms with van der Waals surface area (Å²) < 4.78 is 16.7. The van der Waals surface area contributed by atoms with Gasteiger partial charge >= 0.3 is 5.97 Å². The van der Waals surface area contributed by atoms with Gasteiger partial charge in [0.05, 0.1) is 13.2 Å². The lowest BCUT2D eigenvalue weighted by atomic mass is 10.1. The Morgan fingerprint density at radius 1 is 1.04 bits per heavy atom. The molecular formula is C18H25BrO4. The van der Waals surface area contributed by atoms with E-state index in [9.17, 15) is 4.79 Å². The van der Waals surface area contributed by atoms with Crippen molar-refractivity contribution < 1.29 is 19.0 Å². The largest absolute Gasteiger partial charge is 0.457 e. The summed E-state index contributed by atoms with van der Waals surface area (Å²) in [5, 5.41) is 1.06. The van der Waals surface area contributed by atoms with Crippen molar-refractivity contribution in [2.45, 2.75) is 50.9 Å². The van der Waals surface area contributed by atoms with Gasteiger partial charge in [-0.05, 0) is 12.8 Å². The van der Waals surface area contributed by atoms with Crippen molar-refractivity contribution in [2.24, 2.45) is 0 Å². The quantitative estimate of drug-likeness (QED) is 0.360. The number of hydrogen-bond donors (Lipinski definition) is 0. The van der Waals surface area contributed by atoms with Gasteiger partial charge in [0.15, 0.2) is 6.29 Å². The molecule has 1 aromatic carbocycles. The minimum Gasteiger partial charge on any atom is -0.457 e. The summed E-state index contributed by atoms with van der Waals surface area (Å²) in [7, 11) is 0. The normalized spacial score (nSPS) is 21.1. The van der Waals surface area contributed by atoms with Crippen molar-refractivity contribution in [3.05, 3.63) is 35.9 Å². The van der Waals surface area contributed by atoms with Crippen molar-refractivity contribution in [1.29, 1.82) is 0 Å². The summed E-state index contributed by atoms with van der Waals surface area (Å²) >= 11 is 3.42. The molecule has 5 heteroatoms. The van der Waals surface area contributed by atoms with Gasteiger partial charge in [-0.15, -0.1) is 0 Å². The van der Waals surface area contributed by atoms with Crippen LogP contribution in [0.5, 0.6) is 0 Å². The van der Waals surface area contributed by atoms with E-state index >= 15 is 0 Å². The number of carbonyl (C=O) groups excluding carboxylic acids is 1. The van der Waals surface area contributed by atoms with Gasteiger partial charge in [0.25, 0.3) is 0 Å². The standard InChI is InChI=1S/C18H25BrO4/c19-12-8-3-1-2-7-11-17(20)23-16-13-21-18(22-14-16)15-9-5-4-6-10-15/h4-6,9-10,16,18H,1-3,7-8,11-14H2. The molecule has 1 saturated heterocycles. The minimum atomic E-state index is -0.361. The van der Waals surface area contributed by atoms with E-state index in [0.29, 0.717) is 19.6 Å². The van der Waals surface area contributed by atoms with Gasteiger partial charge in [-0.25, -0.2) is 0 Å². The maximum absolute atomic E-state index is 11.8. The van der Waals surface area contributed by atoms with Gasteiger partial charge in [-0.2, -0.15) is 0 Å². The van der Waals surface area contributed by atoms with Crippen LogP contribution >= 0.6 is 15.9 Å². The molecule has 1 fully saturated rings. The third kappa shape index (κ3) is 7.02. The molecule has 1 aliphatic rings. The summed E-state index contributed by atoms with van der Waals surface area (Å²) in [5.41, 5.74) is 0.987. The molecule has 23 heavy (non-hydrogen) atoms. The summed E-state index contributed by atoms with van der Waals surface area (Å²) in [4.78, 5) is 11.8. The monoisotopic (exact) mass is 384 g/mol. The summed E-state index contributed by atoms with van der Waals surface area (Å²) in [6.45, 7) is 0.771. The Hall–Kier alpha value is -0.910. The molecule has 1 heterocycles. The molecule has 1 aliphatic heterocycles. The van der Waals surface area contributed by atoms with Crippen LogP contribution in [0.25, 0.3) is 0 Å². The molecule has 4 nitrogen and oxygen atoms in total. The predicted octanol–water partition coefficient (Wildman–Crippen LogP) is 4.38. The van der Waals surface area contributed by atoms with E-state index in [1.165, 1.54) is 19.3 Å². The number of carbonyl (C=O) groups is 1. The number of rotatable bonds is 9. The van der Waals surface area contributed by atoms with E-state index in [4.69, 9.17) is 14.2 Å². The van der Waals surface area contributed by atoms with Crippen molar-refractivity contribution in [2.75, 3.05) is 18.5 Å². The zero-order chi connectivity index (χ0) is 16.3. The predicted molar refractivity (Wildman–Crippen MR) is 92.5 cm³/mol. The van der Waals surface area contributed by atoms with Crippen molar-refractivity contribution in [1.82, 2.24) is 0 Å². The molecule has 0 N–H and O–H groups in total. The first-order valence-electron chi connectivity index (χ1n) is 8.33. The number of esters is 1. The van der Waals surface area contributed by atoms with E-state index in [1.807, 2.05) is 30.3 Å². The number of ether oxygens (including phenoxy) is 3. The summed E-state index contributed by atoms with van der Waals surface area (Å²) in [6.07, 6.45) is 5.38. The molecule has 0 saturated carbocycles. The first kappa shape index (κ1) is 18.4.